The predicted octanol–water partition coefficient (Wildman–Crippen LogP) is 3.94. The second-order valence-corrected chi connectivity index (χ2v) is 5.31. The Morgan fingerprint density at radius 2 is 2.21 bits per heavy atom. The highest BCUT2D eigenvalue weighted by Gasteiger charge is 2.19. The molecule has 1 fully saturated rings. The number of benzene rings is 1. The van der Waals surface area contributed by atoms with Gasteiger partial charge in [-0.05, 0) is 31.7 Å². The summed E-state index contributed by atoms with van der Waals surface area (Å²) in [7, 11) is 3.30. The molecule has 1 heterocycles. The van der Waals surface area contributed by atoms with Crippen molar-refractivity contribution in [2.75, 3.05) is 20.8 Å². The first kappa shape index (κ1) is 14.5. The molecule has 19 heavy (non-hydrogen) atoms. The third-order valence-corrected chi connectivity index (χ3v) is 4.00. The second-order valence-electron chi connectivity index (χ2n) is 4.79. The van der Waals surface area contributed by atoms with Gasteiger partial charge in [0.1, 0.15) is 11.5 Å². The Bertz CT molecular complexity index is 402. The lowest BCUT2D eigenvalue weighted by Gasteiger charge is -2.16. The quantitative estimate of drug-likeness (QED) is 0.741. The third-order valence-electron chi connectivity index (χ3n) is 3.54. The molecular weight excluding hydrogens is 264 g/mol. The molecule has 1 aliphatic heterocycles. The Morgan fingerprint density at radius 1 is 1.37 bits per heavy atom. The van der Waals surface area contributed by atoms with Gasteiger partial charge in [0.2, 0.25) is 0 Å². The van der Waals surface area contributed by atoms with Crippen LogP contribution in [-0.4, -0.2) is 26.9 Å². The average molecular weight is 285 g/mol. The molecule has 0 saturated carbocycles. The minimum atomic E-state index is -0.0509. The summed E-state index contributed by atoms with van der Waals surface area (Å²) < 4.78 is 16.2. The predicted molar refractivity (Wildman–Crippen MR) is 76.3 cm³/mol. The van der Waals surface area contributed by atoms with E-state index in [1.54, 1.807) is 14.2 Å². The van der Waals surface area contributed by atoms with E-state index in [2.05, 4.69) is 0 Å². The van der Waals surface area contributed by atoms with Gasteiger partial charge in [-0.25, -0.2) is 0 Å². The van der Waals surface area contributed by atoms with Crippen molar-refractivity contribution >= 4 is 11.6 Å². The van der Waals surface area contributed by atoms with E-state index in [4.69, 9.17) is 25.8 Å². The van der Waals surface area contributed by atoms with E-state index in [-0.39, 0.29) is 5.38 Å². The fraction of sp³-hybridized carbons (Fsp3) is 0.600. The van der Waals surface area contributed by atoms with Crippen LogP contribution < -0.4 is 9.47 Å². The van der Waals surface area contributed by atoms with E-state index in [9.17, 15) is 0 Å². The minimum Gasteiger partial charge on any atom is -0.497 e. The SMILES string of the molecule is COc1ccc(C(Cl)CCC2CCCO2)c(OC)c1. The molecule has 0 radical (unpaired) electrons. The fourth-order valence-corrected chi connectivity index (χ4v) is 2.74. The van der Waals surface area contributed by atoms with Crippen molar-refractivity contribution in [1.29, 1.82) is 0 Å². The standard InChI is InChI=1S/C15H21ClO3/c1-17-12-5-7-13(15(10-12)18-2)14(16)8-6-11-4-3-9-19-11/h5,7,10-11,14H,3-4,6,8-9H2,1-2H3. The summed E-state index contributed by atoms with van der Waals surface area (Å²) in [4.78, 5) is 0. The molecule has 0 aliphatic carbocycles. The number of halogens is 1. The van der Waals surface area contributed by atoms with Crippen molar-refractivity contribution in [2.45, 2.75) is 37.2 Å². The first-order valence-electron chi connectivity index (χ1n) is 6.72. The monoisotopic (exact) mass is 284 g/mol. The lowest BCUT2D eigenvalue weighted by molar-refractivity contribution is 0.102. The highest BCUT2D eigenvalue weighted by atomic mass is 35.5. The van der Waals surface area contributed by atoms with Crippen LogP contribution in [0.1, 0.15) is 36.6 Å². The highest BCUT2D eigenvalue weighted by Crippen LogP contribution is 2.36. The number of methoxy groups -OCH3 is 2. The molecule has 2 unspecified atom stereocenters. The number of hydrogen-bond donors (Lipinski definition) is 0. The maximum absolute atomic E-state index is 6.49. The van der Waals surface area contributed by atoms with Crippen LogP contribution in [0.2, 0.25) is 0 Å². The van der Waals surface area contributed by atoms with Gasteiger partial charge in [0.05, 0.1) is 25.7 Å². The van der Waals surface area contributed by atoms with E-state index < -0.39 is 0 Å². The van der Waals surface area contributed by atoms with Crippen LogP contribution in [-0.2, 0) is 4.74 Å². The van der Waals surface area contributed by atoms with Crippen molar-refractivity contribution in [3.63, 3.8) is 0 Å². The zero-order valence-electron chi connectivity index (χ0n) is 11.5. The van der Waals surface area contributed by atoms with Crippen molar-refractivity contribution in [3.05, 3.63) is 23.8 Å². The first-order chi connectivity index (χ1) is 9.24. The molecule has 4 heteroatoms. The summed E-state index contributed by atoms with van der Waals surface area (Å²) in [5, 5.41) is -0.0509. The van der Waals surface area contributed by atoms with E-state index in [1.165, 1.54) is 6.42 Å². The van der Waals surface area contributed by atoms with Gasteiger partial charge in [-0.3, -0.25) is 0 Å². The summed E-state index contributed by atoms with van der Waals surface area (Å²) in [6.45, 7) is 0.892. The van der Waals surface area contributed by atoms with Gasteiger partial charge in [0.25, 0.3) is 0 Å². The Labute approximate surface area is 119 Å². The van der Waals surface area contributed by atoms with Gasteiger partial charge in [-0.15, -0.1) is 11.6 Å². The maximum atomic E-state index is 6.49. The molecule has 106 valence electrons. The van der Waals surface area contributed by atoms with Crippen LogP contribution >= 0.6 is 11.6 Å². The smallest absolute Gasteiger partial charge is 0.127 e. The number of alkyl halides is 1. The molecule has 1 aliphatic rings. The van der Waals surface area contributed by atoms with E-state index in [0.717, 1.165) is 42.9 Å². The lowest BCUT2D eigenvalue weighted by Crippen LogP contribution is -2.06. The number of rotatable bonds is 6. The summed E-state index contributed by atoms with van der Waals surface area (Å²) >= 11 is 6.49. The van der Waals surface area contributed by atoms with E-state index in [1.807, 2.05) is 18.2 Å². The molecule has 2 rings (SSSR count). The Hall–Kier alpha value is -0.930. The molecule has 3 nitrogen and oxygen atoms in total. The van der Waals surface area contributed by atoms with Gasteiger partial charge >= 0.3 is 0 Å². The molecule has 0 bridgehead atoms. The molecule has 1 aromatic carbocycles. The van der Waals surface area contributed by atoms with Crippen molar-refractivity contribution in [1.82, 2.24) is 0 Å². The Morgan fingerprint density at radius 3 is 2.84 bits per heavy atom. The maximum Gasteiger partial charge on any atom is 0.127 e. The molecule has 0 amide bonds. The summed E-state index contributed by atoms with van der Waals surface area (Å²) in [6.07, 6.45) is 4.61. The van der Waals surface area contributed by atoms with Crippen LogP contribution in [0.4, 0.5) is 0 Å². The largest absolute Gasteiger partial charge is 0.497 e. The molecular formula is C15H21ClO3. The Balaban J connectivity index is 1.98. The third kappa shape index (κ3) is 3.77. The Kier molecular flexibility index (Phi) is 5.34. The van der Waals surface area contributed by atoms with Crippen molar-refractivity contribution in [3.8, 4) is 11.5 Å². The van der Waals surface area contributed by atoms with Gasteiger partial charge in [0, 0.05) is 18.2 Å². The fourth-order valence-electron chi connectivity index (χ4n) is 2.44. The highest BCUT2D eigenvalue weighted by molar-refractivity contribution is 6.21. The normalized spacial score (nSPS) is 20.3. The first-order valence-corrected chi connectivity index (χ1v) is 7.16. The zero-order chi connectivity index (χ0) is 13.7. The van der Waals surface area contributed by atoms with Crippen LogP contribution in [0, 0.1) is 0 Å². The van der Waals surface area contributed by atoms with E-state index >= 15 is 0 Å². The zero-order valence-corrected chi connectivity index (χ0v) is 12.3. The minimum absolute atomic E-state index is 0.0509. The number of hydrogen-bond acceptors (Lipinski definition) is 3. The van der Waals surface area contributed by atoms with Gasteiger partial charge in [-0.2, -0.15) is 0 Å². The summed E-state index contributed by atoms with van der Waals surface area (Å²) in [5.41, 5.74) is 1.02. The summed E-state index contributed by atoms with van der Waals surface area (Å²) in [6, 6.07) is 5.76. The topological polar surface area (TPSA) is 27.7 Å². The summed E-state index contributed by atoms with van der Waals surface area (Å²) in [5.74, 6) is 1.57. The molecule has 0 spiro atoms. The molecule has 1 aromatic rings. The van der Waals surface area contributed by atoms with Gasteiger partial charge in [-0.1, -0.05) is 6.07 Å². The number of ether oxygens (including phenoxy) is 3. The lowest BCUT2D eigenvalue weighted by atomic mass is 10.0. The molecule has 1 saturated heterocycles. The molecule has 0 N–H and O–H groups in total. The van der Waals surface area contributed by atoms with Crippen LogP contribution in [0.5, 0.6) is 11.5 Å². The van der Waals surface area contributed by atoms with Gasteiger partial charge in [0.15, 0.2) is 0 Å². The van der Waals surface area contributed by atoms with Crippen LogP contribution in [0.15, 0.2) is 18.2 Å². The van der Waals surface area contributed by atoms with Crippen LogP contribution in [0.25, 0.3) is 0 Å². The van der Waals surface area contributed by atoms with Crippen LogP contribution in [0.3, 0.4) is 0 Å². The molecule has 0 aromatic heterocycles. The molecule has 2 atom stereocenters. The van der Waals surface area contributed by atoms with Gasteiger partial charge < -0.3 is 14.2 Å². The average Bonchev–Trinajstić information content (AvgIpc) is 2.97. The van der Waals surface area contributed by atoms with Crippen molar-refractivity contribution < 1.29 is 14.2 Å². The second kappa shape index (κ2) is 7.01. The van der Waals surface area contributed by atoms with E-state index in [0.29, 0.717) is 6.10 Å². The van der Waals surface area contributed by atoms with Crippen molar-refractivity contribution in [2.24, 2.45) is 0 Å².